The Bertz CT molecular complexity index is 2640. The Morgan fingerprint density at radius 1 is 0.460 bits per heavy atom. The fourth-order valence-electron chi connectivity index (χ4n) is 7.28. The van der Waals surface area contributed by atoms with E-state index in [4.69, 9.17) is 0 Å². The summed E-state index contributed by atoms with van der Waals surface area (Å²) in [5.41, 5.74) is 8.25. The van der Waals surface area contributed by atoms with E-state index in [1.807, 2.05) is 168 Å². The molecule has 2 amide bonds. The minimum Gasteiger partial charge on any atom is -0.308 e. The van der Waals surface area contributed by atoms with Crippen LogP contribution in [0, 0.1) is 0 Å². The monoisotopic (exact) mass is 644 g/mol. The van der Waals surface area contributed by atoms with Crippen molar-refractivity contribution in [2.24, 2.45) is 0 Å². The van der Waals surface area contributed by atoms with Gasteiger partial charge in [-0.1, -0.05) is 133 Å². The average Bonchev–Trinajstić information content (AvgIpc) is 3.66. The van der Waals surface area contributed by atoms with Crippen molar-refractivity contribution in [2.45, 2.75) is 0 Å². The van der Waals surface area contributed by atoms with Gasteiger partial charge in [0.2, 0.25) is 0 Å². The van der Waals surface area contributed by atoms with Crippen molar-refractivity contribution in [1.82, 2.24) is 4.57 Å². The number of hydrogen-bond acceptors (Lipinski definition) is 3. The predicted octanol–water partition coefficient (Wildman–Crippen LogP) is 10.1. The molecule has 0 atom stereocenters. The fourth-order valence-corrected chi connectivity index (χ4v) is 7.28. The highest BCUT2D eigenvalue weighted by Crippen LogP contribution is 2.42. The van der Waals surface area contributed by atoms with Gasteiger partial charge in [0, 0.05) is 27.5 Å². The highest BCUT2D eigenvalue weighted by Gasteiger charge is 2.40. The summed E-state index contributed by atoms with van der Waals surface area (Å²) in [7, 11) is 0. The van der Waals surface area contributed by atoms with Gasteiger partial charge in [-0.05, 0) is 53.1 Å². The zero-order valence-corrected chi connectivity index (χ0v) is 26.8. The van der Waals surface area contributed by atoms with Gasteiger partial charge >= 0.3 is 0 Å². The van der Waals surface area contributed by atoms with Crippen LogP contribution in [0.1, 0.15) is 36.6 Å². The molecule has 236 valence electrons. The molecule has 0 bridgehead atoms. The molecule has 5 nitrogen and oxygen atoms in total. The van der Waals surface area contributed by atoms with E-state index in [2.05, 4.69) is 0 Å². The zero-order chi connectivity index (χ0) is 33.8. The van der Waals surface area contributed by atoms with Crippen LogP contribution < -0.4 is 4.90 Å². The van der Waals surface area contributed by atoms with Crippen molar-refractivity contribution in [2.75, 3.05) is 4.90 Å². The first-order valence-electron chi connectivity index (χ1n) is 16.5. The summed E-state index contributed by atoms with van der Waals surface area (Å²) in [6, 6.07) is 54.0. The maximum atomic E-state index is 14.7. The number of imide groups is 1. The SMILES string of the molecule is O=C(c1ccccc1)c1cccc2c1c1ccccc1n2-c1cccc2c1C(=O)N(c1ccc(-c3ccccc3)cc1-c1ccccc1)C2=O. The molecule has 0 radical (unpaired) electrons. The minimum atomic E-state index is -0.396. The van der Waals surface area contributed by atoms with Gasteiger partial charge < -0.3 is 4.57 Å². The van der Waals surface area contributed by atoms with E-state index in [1.165, 1.54) is 4.90 Å². The molecule has 9 rings (SSSR count). The van der Waals surface area contributed by atoms with Gasteiger partial charge in [0.05, 0.1) is 33.5 Å². The Morgan fingerprint density at radius 2 is 1.10 bits per heavy atom. The van der Waals surface area contributed by atoms with Crippen LogP contribution in [0.25, 0.3) is 49.7 Å². The number of rotatable bonds is 6. The molecule has 8 aromatic rings. The molecule has 50 heavy (non-hydrogen) atoms. The maximum absolute atomic E-state index is 14.7. The molecule has 0 spiro atoms. The number of nitrogens with zero attached hydrogens (tertiary/aromatic N) is 2. The van der Waals surface area contributed by atoms with Crippen molar-refractivity contribution >= 4 is 45.1 Å². The molecule has 5 heteroatoms. The lowest BCUT2D eigenvalue weighted by atomic mass is 9.97. The molecule has 1 aliphatic heterocycles. The largest absolute Gasteiger partial charge is 0.308 e. The van der Waals surface area contributed by atoms with E-state index in [-0.39, 0.29) is 11.7 Å². The summed E-state index contributed by atoms with van der Waals surface area (Å²) < 4.78 is 2.01. The number of benzene rings is 7. The van der Waals surface area contributed by atoms with Crippen LogP contribution in [-0.4, -0.2) is 22.2 Å². The average molecular weight is 645 g/mol. The Morgan fingerprint density at radius 3 is 1.86 bits per heavy atom. The first-order valence-corrected chi connectivity index (χ1v) is 16.5. The Labute approximate surface area is 288 Å². The van der Waals surface area contributed by atoms with Crippen molar-refractivity contribution in [3.8, 4) is 27.9 Å². The lowest BCUT2D eigenvalue weighted by Gasteiger charge is -2.20. The second-order valence-corrected chi connectivity index (χ2v) is 12.4. The van der Waals surface area contributed by atoms with E-state index < -0.39 is 5.91 Å². The topological polar surface area (TPSA) is 59.4 Å². The Hall–Kier alpha value is -6.85. The number of amides is 2. The maximum Gasteiger partial charge on any atom is 0.268 e. The number of carbonyl (C=O) groups excluding carboxylic acids is 3. The minimum absolute atomic E-state index is 0.0813. The summed E-state index contributed by atoms with van der Waals surface area (Å²) in [5, 5.41) is 1.68. The lowest BCUT2D eigenvalue weighted by Crippen LogP contribution is -2.30. The summed E-state index contributed by atoms with van der Waals surface area (Å²) in [6.07, 6.45) is 0. The molecule has 0 saturated carbocycles. The summed E-state index contributed by atoms with van der Waals surface area (Å²) >= 11 is 0. The number of fused-ring (bicyclic) bond motifs is 4. The quantitative estimate of drug-likeness (QED) is 0.134. The molecule has 1 aliphatic rings. The fraction of sp³-hybridized carbons (Fsp3) is 0. The normalized spacial score (nSPS) is 12.5. The first-order chi connectivity index (χ1) is 24.6. The van der Waals surface area contributed by atoms with Gasteiger partial charge in [0.15, 0.2) is 5.78 Å². The van der Waals surface area contributed by atoms with E-state index >= 15 is 0 Å². The summed E-state index contributed by atoms with van der Waals surface area (Å²) in [4.78, 5) is 44.3. The van der Waals surface area contributed by atoms with Crippen molar-refractivity contribution in [3.05, 3.63) is 192 Å². The lowest BCUT2D eigenvalue weighted by molar-refractivity contribution is 0.0925. The molecular weight excluding hydrogens is 617 g/mol. The van der Waals surface area contributed by atoms with Crippen LogP contribution in [0.4, 0.5) is 5.69 Å². The van der Waals surface area contributed by atoms with Gasteiger partial charge in [0.25, 0.3) is 11.8 Å². The predicted molar refractivity (Wildman–Crippen MR) is 199 cm³/mol. The number of ketones is 1. The van der Waals surface area contributed by atoms with Crippen LogP contribution in [0.5, 0.6) is 0 Å². The summed E-state index contributed by atoms with van der Waals surface area (Å²) in [5.74, 6) is -0.855. The van der Waals surface area contributed by atoms with E-state index in [0.717, 1.165) is 44.1 Å². The number of hydrogen-bond donors (Lipinski definition) is 0. The third-order valence-corrected chi connectivity index (χ3v) is 9.54. The highest BCUT2D eigenvalue weighted by molar-refractivity contribution is 6.36. The number of para-hydroxylation sites is 1. The van der Waals surface area contributed by atoms with Crippen molar-refractivity contribution in [1.29, 1.82) is 0 Å². The Balaban J connectivity index is 1.23. The number of anilines is 1. The first kappa shape index (κ1) is 29.3. The van der Waals surface area contributed by atoms with Crippen LogP contribution in [0.2, 0.25) is 0 Å². The number of aromatic nitrogens is 1. The standard InChI is InChI=1S/C45H28N2O3/c48-43(31-18-8-3-9-19-31)34-21-12-24-39-41(34)33-20-10-11-23-37(33)46(39)40-25-13-22-35-42(40)45(50)47(44(35)49)38-27-26-32(29-14-4-1-5-15-29)28-36(38)30-16-6-2-7-17-30/h1-28H. The Kier molecular flexibility index (Phi) is 6.85. The van der Waals surface area contributed by atoms with E-state index in [1.54, 1.807) is 6.07 Å². The number of carbonyl (C=O) groups is 3. The molecule has 0 saturated heterocycles. The molecule has 0 N–H and O–H groups in total. The zero-order valence-electron chi connectivity index (χ0n) is 26.8. The van der Waals surface area contributed by atoms with Gasteiger partial charge in [-0.2, -0.15) is 0 Å². The molecule has 0 aliphatic carbocycles. The second kappa shape index (κ2) is 11.7. The van der Waals surface area contributed by atoms with Crippen molar-refractivity contribution < 1.29 is 14.4 Å². The van der Waals surface area contributed by atoms with Crippen molar-refractivity contribution in [3.63, 3.8) is 0 Å². The van der Waals surface area contributed by atoms with E-state index in [9.17, 15) is 14.4 Å². The molecule has 7 aromatic carbocycles. The van der Waals surface area contributed by atoms with Crippen LogP contribution in [0.3, 0.4) is 0 Å². The van der Waals surface area contributed by atoms with Crippen LogP contribution in [0.15, 0.2) is 170 Å². The third-order valence-electron chi connectivity index (χ3n) is 9.54. The van der Waals surface area contributed by atoms with Gasteiger partial charge in [-0.3, -0.25) is 14.4 Å². The summed E-state index contributed by atoms with van der Waals surface area (Å²) in [6.45, 7) is 0. The highest BCUT2D eigenvalue weighted by atomic mass is 16.2. The second-order valence-electron chi connectivity index (χ2n) is 12.4. The van der Waals surface area contributed by atoms with Crippen LogP contribution in [-0.2, 0) is 0 Å². The molecule has 0 unspecified atom stereocenters. The van der Waals surface area contributed by atoms with Gasteiger partial charge in [-0.15, -0.1) is 0 Å². The van der Waals surface area contributed by atoms with Gasteiger partial charge in [-0.25, -0.2) is 4.90 Å². The smallest absolute Gasteiger partial charge is 0.268 e. The molecule has 1 aromatic heterocycles. The van der Waals surface area contributed by atoms with Crippen LogP contribution >= 0.6 is 0 Å². The molecular formula is C45H28N2O3. The molecule has 2 heterocycles. The van der Waals surface area contributed by atoms with E-state index in [0.29, 0.717) is 33.6 Å². The third kappa shape index (κ3) is 4.52. The van der Waals surface area contributed by atoms with Gasteiger partial charge in [0.1, 0.15) is 0 Å². The molecule has 0 fully saturated rings.